The summed E-state index contributed by atoms with van der Waals surface area (Å²) < 4.78 is 26.5. The molecule has 0 unspecified atom stereocenters. The molecule has 1 heterocycles. The van der Waals surface area contributed by atoms with Crippen LogP contribution in [0.1, 0.15) is 37.6 Å². The van der Waals surface area contributed by atoms with Crippen molar-refractivity contribution in [1.82, 2.24) is 4.98 Å². The molecule has 0 fully saturated rings. The van der Waals surface area contributed by atoms with Gasteiger partial charge in [-0.1, -0.05) is 26.8 Å². The van der Waals surface area contributed by atoms with E-state index in [1.807, 2.05) is 20.8 Å². The number of nitrogens with one attached hydrogen (secondary N) is 1. The molecule has 2 rings (SSSR count). The van der Waals surface area contributed by atoms with Crippen molar-refractivity contribution in [2.24, 2.45) is 5.41 Å². The lowest BCUT2D eigenvalue weighted by atomic mass is 9.89. The minimum Gasteiger partial charge on any atom is -0.302 e. The van der Waals surface area contributed by atoms with E-state index < -0.39 is 17.0 Å². The Kier molecular flexibility index (Phi) is 4.90. The lowest BCUT2D eigenvalue weighted by molar-refractivity contribution is -0.124. The predicted molar refractivity (Wildman–Crippen MR) is 84.0 cm³/mol. The lowest BCUT2D eigenvalue weighted by Crippen LogP contribution is -2.29. The number of aromatic nitrogens is 1. The molecule has 1 N–H and O–H groups in total. The maximum absolute atomic E-state index is 13.6. The number of hydrogen-bond acceptors (Lipinski definition) is 3. The standard InChI is InChI=1S/C16H18F2N2OS/c1-4-16(2,3)14(21)20-15-19-9-12(22-15)7-10-5-6-11(17)8-13(10)18/h5-6,8-9H,4,7H2,1-3H3,(H,19,20,21). The highest BCUT2D eigenvalue weighted by molar-refractivity contribution is 7.15. The Hall–Kier alpha value is -1.82. The Bertz CT molecular complexity index is 683. The molecule has 0 aliphatic heterocycles. The number of rotatable bonds is 5. The van der Waals surface area contributed by atoms with E-state index in [0.717, 1.165) is 17.4 Å². The van der Waals surface area contributed by atoms with Crippen LogP contribution in [0, 0.1) is 17.0 Å². The Balaban J connectivity index is 2.07. The summed E-state index contributed by atoms with van der Waals surface area (Å²) in [5.74, 6) is -1.27. The molecule has 1 aromatic carbocycles. The summed E-state index contributed by atoms with van der Waals surface area (Å²) >= 11 is 1.29. The van der Waals surface area contributed by atoms with Crippen molar-refractivity contribution in [3.63, 3.8) is 0 Å². The molecule has 0 radical (unpaired) electrons. The maximum Gasteiger partial charge on any atom is 0.231 e. The molecular formula is C16H18F2N2OS. The van der Waals surface area contributed by atoms with Gasteiger partial charge in [-0.25, -0.2) is 13.8 Å². The Labute approximate surface area is 132 Å². The van der Waals surface area contributed by atoms with Crippen molar-refractivity contribution in [2.75, 3.05) is 5.32 Å². The fourth-order valence-corrected chi connectivity index (χ4v) is 2.56. The topological polar surface area (TPSA) is 42.0 Å². The van der Waals surface area contributed by atoms with Crippen LogP contribution in [0.25, 0.3) is 0 Å². The molecule has 2 aromatic rings. The number of benzene rings is 1. The van der Waals surface area contributed by atoms with E-state index in [-0.39, 0.29) is 5.91 Å². The first-order valence-electron chi connectivity index (χ1n) is 7.02. The van der Waals surface area contributed by atoms with Crippen LogP contribution in [0.2, 0.25) is 0 Å². The summed E-state index contributed by atoms with van der Waals surface area (Å²) in [6, 6.07) is 3.51. The number of thiazole rings is 1. The van der Waals surface area contributed by atoms with E-state index in [9.17, 15) is 13.6 Å². The van der Waals surface area contributed by atoms with Crippen molar-refractivity contribution in [3.8, 4) is 0 Å². The van der Waals surface area contributed by atoms with Crippen LogP contribution in [0.3, 0.4) is 0 Å². The van der Waals surface area contributed by atoms with E-state index in [1.165, 1.54) is 23.5 Å². The quantitative estimate of drug-likeness (QED) is 0.886. The number of carbonyl (C=O) groups is 1. The zero-order valence-corrected chi connectivity index (χ0v) is 13.6. The summed E-state index contributed by atoms with van der Waals surface area (Å²) in [6.07, 6.45) is 2.64. The van der Waals surface area contributed by atoms with Gasteiger partial charge in [0.05, 0.1) is 0 Å². The fraction of sp³-hybridized carbons (Fsp3) is 0.375. The predicted octanol–water partition coefficient (Wildman–Crippen LogP) is 4.39. The van der Waals surface area contributed by atoms with Crippen molar-refractivity contribution < 1.29 is 13.6 Å². The minimum atomic E-state index is -0.597. The van der Waals surface area contributed by atoms with Gasteiger partial charge in [-0.2, -0.15) is 0 Å². The van der Waals surface area contributed by atoms with Gasteiger partial charge in [-0.15, -0.1) is 11.3 Å². The number of anilines is 1. The number of hydrogen-bond donors (Lipinski definition) is 1. The number of nitrogens with zero attached hydrogens (tertiary/aromatic N) is 1. The van der Waals surface area contributed by atoms with Gasteiger partial charge in [0, 0.05) is 29.0 Å². The highest BCUT2D eigenvalue weighted by atomic mass is 32.1. The first-order chi connectivity index (χ1) is 10.3. The molecule has 1 aromatic heterocycles. The average molecular weight is 324 g/mol. The molecule has 1 amide bonds. The van der Waals surface area contributed by atoms with Gasteiger partial charge in [-0.3, -0.25) is 4.79 Å². The van der Waals surface area contributed by atoms with E-state index in [4.69, 9.17) is 0 Å². The van der Waals surface area contributed by atoms with Crippen molar-refractivity contribution in [3.05, 3.63) is 46.5 Å². The second-order valence-corrected chi connectivity index (χ2v) is 6.85. The van der Waals surface area contributed by atoms with Crippen LogP contribution in [0.5, 0.6) is 0 Å². The molecule has 22 heavy (non-hydrogen) atoms. The normalized spacial score (nSPS) is 11.5. The number of halogens is 2. The minimum absolute atomic E-state index is 0.0936. The molecule has 0 saturated heterocycles. The van der Waals surface area contributed by atoms with Gasteiger partial charge < -0.3 is 5.32 Å². The monoisotopic (exact) mass is 324 g/mol. The van der Waals surface area contributed by atoms with Crippen LogP contribution >= 0.6 is 11.3 Å². The maximum atomic E-state index is 13.6. The summed E-state index contributed by atoms with van der Waals surface area (Å²) in [4.78, 5) is 17.0. The van der Waals surface area contributed by atoms with Crippen LogP contribution in [-0.4, -0.2) is 10.9 Å². The van der Waals surface area contributed by atoms with E-state index in [2.05, 4.69) is 10.3 Å². The van der Waals surface area contributed by atoms with E-state index >= 15 is 0 Å². The van der Waals surface area contributed by atoms with E-state index in [1.54, 1.807) is 6.20 Å². The second-order valence-electron chi connectivity index (χ2n) is 5.74. The fourth-order valence-electron chi connectivity index (χ4n) is 1.73. The van der Waals surface area contributed by atoms with Crippen LogP contribution in [0.15, 0.2) is 24.4 Å². The molecule has 0 saturated carbocycles. The van der Waals surface area contributed by atoms with Gasteiger partial charge in [0.1, 0.15) is 11.6 Å². The Morgan fingerprint density at radius 2 is 2.09 bits per heavy atom. The third-order valence-corrected chi connectivity index (χ3v) is 4.57. The number of amides is 1. The zero-order valence-electron chi connectivity index (χ0n) is 12.7. The third-order valence-electron chi connectivity index (χ3n) is 3.65. The first kappa shape index (κ1) is 16.5. The summed E-state index contributed by atoms with van der Waals surface area (Å²) in [6.45, 7) is 5.68. The molecule has 0 bridgehead atoms. The van der Waals surface area contributed by atoms with Gasteiger partial charge >= 0.3 is 0 Å². The third kappa shape index (κ3) is 3.88. The molecule has 6 heteroatoms. The highest BCUT2D eigenvalue weighted by Crippen LogP contribution is 2.26. The van der Waals surface area contributed by atoms with Gasteiger partial charge in [0.15, 0.2) is 5.13 Å². The molecule has 0 aliphatic rings. The summed E-state index contributed by atoms with van der Waals surface area (Å²) in [5.41, 5.74) is -0.0636. The average Bonchev–Trinajstić information content (AvgIpc) is 2.89. The highest BCUT2D eigenvalue weighted by Gasteiger charge is 2.26. The Morgan fingerprint density at radius 3 is 2.73 bits per heavy atom. The summed E-state index contributed by atoms with van der Waals surface area (Å²) in [7, 11) is 0. The molecule has 0 aliphatic carbocycles. The molecule has 118 valence electrons. The summed E-state index contributed by atoms with van der Waals surface area (Å²) in [5, 5.41) is 3.27. The Morgan fingerprint density at radius 1 is 1.36 bits per heavy atom. The smallest absolute Gasteiger partial charge is 0.231 e. The second kappa shape index (κ2) is 6.52. The SMILES string of the molecule is CCC(C)(C)C(=O)Nc1ncc(Cc2ccc(F)cc2F)s1. The van der Waals surface area contributed by atoms with Crippen LogP contribution in [0.4, 0.5) is 13.9 Å². The van der Waals surface area contributed by atoms with Crippen molar-refractivity contribution in [1.29, 1.82) is 0 Å². The zero-order chi connectivity index (χ0) is 16.3. The lowest BCUT2D eigenvalue weighted by Gasteiger charge is -2.20. The van der Waals surface area contributed by atoms with Gasteiger partial charge in [-0.05, 0) is 18.1 Å². The van der Waals surface area contributed by atoms with Crippen LogP contribution < -0.4 is 5.32 Å². The van der Waals surface area contributed by atoms with Gasteiger partial charge in [0.2, 0.25) is 5.91 Å². The molecule has 0 spiro atoms. The van der Waals surface area contributed by atoms with E-state index in [0.29, 0.717) is 17.1 Å². The van der Waals surface area contributed by atoms with Crippen molar-refractivity contribution >= 4 is 22.4 Å². The van der Waals surface area contributed by atoms with Crippen LogP contribution in [-0.2, 0) is 11.2 Å². The molecule has 3 nitrogen and oxygen atoms in total. The molecule has 0 atom stereocenters. The largest absolute Gasteiger partial charge is 0.302 e. The first-order valence-corrected chi connectivity index (χ1v) is 7.83. The molecular weight excluding hydrogens is 306 g/mol. The van der Waals surface area contributed by atoms with Crippen molar-refractivity contribution in [2.45, 2.75) is 33.6 Å². The number of carbonyl (C=O) groups excluding carboxylic acids is 1. The van der Waals surface area contributed by atoms with Gasteiger partial charge in [0.25, 0.3) is 0 Å².